The van der Waals surface area contributed by atoms with Gasteiger partial charge in [-0.15, -0.1) is 0 Å². The van der Waals surface area contributed by atoms with Crippen molar-refractivity contribution in [2.75, 3.05) is 20.8 Å². The first kappa shape index (κ1) is 11.2. The molecule has 0 spiro atoms. The summed E-state index contributed by atoms with van der Waals surface area (Å²) >= 11 is 0. The topological polar surface area (TPSA) is 50.7 Å². The van der Waals surface area contributed by atoms with Crippen LogP contribution in [-0.2, 0) is 0 Å². The predicted octanol–water partition coefficient (Wildman–Crippen LogP) is 1.10. The van der Waals surface area contributed by atoms with Gasteiger partial charge in [-0.05, 0) is 30.7 Å². The average molecular weight is 223 g/mol. The Labute approximate surface area is 95.2 Å². The fourth-order valence-corrected chi connectivity index (χ4v) is 2.04. The van der Waals surface area contributed by atoms with Crippen molar-refractivity contribution < 1.29 is 14.6 Å². The largest absolute Gasteiger partial charge is 0.497 e. The third-order valence-electron chi connectivity index (χ3n) is 2.92. The first-order valence-electron chi connectivity index (χ1n) is 5.39. The SMILES string of the molecule is COc1cc(OC)cc(C2NCCC2O)c1. The van der Waals surface area contributed by atoms with E-state index < -0.39 is 0 Å². The highest BCUT2D eigenvalue weighted by molar-refractivity contribution is 5.40. The van der Waals surface area contributed by atoms with E-state index in [2.05, 4.69) is 5.32 Å². The summed E-state index contributed by atoms with van der Waals surface area (Å²) in [5.41, 5.74) is 1.00. The van der Waals surface area contributed by atoms with E-state index in [0.29, 0.717) is 0 Å². The van der Waals surface area contributed by atoms with E-state index in [1.807, 2.05) is 18.2 Å². The van der Waals surface area contributed by atoms with Gasteiger partial charge in [0.05, 0.1) is 26.4 Å². The van der Waals surface area contributed by atoms with Crippen LogP contribution in [0.5, 0.6) is 11.5 Å². The monoisotopic (exact) mass is 223 g/mol. The number of nitrogens with one attached hydrogen (secondary N) is 1. The molecule has 1 aromatic carbocycles. The van der Waals surface area contributed by atoms with Crippen LogP contribution in [0.3, 0.4) is 0 Å². The summed E-state index contributed by atoms with van der Waals surface area (Å²) in [5.74, 6) is 1.49. The van der Waals surface area contributed by atoms with Crippen LogP contribution in [0.4, 0.5) is 0 Å². The molecule has 1 aliphatic rings. The predicted molar refractivity (Wildman–Crippen MR) is 60.9 cm³/mol. The zero-order chi connectivity index (χ0) is 11.5. The standard InChI is InChI=1S/C12H17NO3/c1-15-9-5-8(6-10(7-9)16-2)12-11(14)3-4-13-12/h5-7,11-14H,3-4H2,1-2H3. The molecule has 0 radical (unpaired) electrons. The molecule has 1 aliphatic heterocycles. The molecule has 1 fully saturated rings. The van der Waals surface area contributed by atoms with Crippen molar-refractivity contribution in [3.8, 4) is 11.5 Å². The summed E-state index contributed by atoms with van der Waals surface area (Å²) in [5, 5.41) is 13.1. The van der Waals surface area contributed by atoms with E-state index in [-0.39, 0.29) is 12.1 Å². The Kier molecular flexibility index (Phi) is 3.31. The molecule has 2 atom stereocenters. The molecule has 4 nitrogen and oxygen atoms in total. The molecule has 2 unspecified atom stereocenters. The van der Waals surface area contributed by atoms with Gasteiger partial charge < -0.3 is 19.9 Å². The Morgan fingerprint density at radius 2 is 1.81 bits per heavy atom. The average Bonchev–Trinajstić information content (AvgIpc) is 2.74. The summed E-state index contributed by atoms with van der Waals surface area (Å²) < 4.78 is 10.4. The van der Waals surface area contributed by atoms with E-state index in [1.54, 1.807) is 14.2 Å². The molecule has 1 aromatic rings. The van der Waals surface area contributed by atoms with Gasteiger partial charge in [0.1, 0.15) is 11.5 Å². The summed E-state index contributed by atoms with van der Waals surface area (Å²) in [6, 6.07) is 5.65. The first-order chi connectivity index (χ1) is 7.74. The maximum absolute atomic E-state index is 9.83. The van der Waals surface area contributed by atoms with E-state index in [9.17, 15) is 5.11 Å². The number of ether oxygens (including phenoxy) is 2. The Hall–Kier alpha value is -1.26. The second-order valence-corrected chi connectivity index (χ2v) is 3.93. The molecule has 88 valence electrons. The third-order valence-corrected chi connectivity index (χ3v) is 2.92. The zero-order valence-corrected chi connectivity index (χ0v) is 9.56. The molecule has 2 N–H and O–H groups in total. The summed E-state index contributed by atoms with van der Waals surface area (Å²) in [6.07, 6.45) is 0.446. The molecule has 0 amide bonds. The molecule has 2 rings (SSSR count). The van der Waals surface area contributed by atoms with E-state index in [0.717, 1.165) is 30.0 Å². The Balaban J connectivity index is 2.31. The minimum absolute atomic E-state index is 0.0241. The van der Waals surface area contributed by atoms with Crippen molar-refractivity contribution in [2.24, 2.45) is 0 Å². The lowest BCUT2D eigenvalue weighted by Crippen LogP contribution is -2.20. The van der Waals surface area contributed by atoms with Crippen LogP contribution in [0.25, 0.3) is 0 Å². The summed E-state index contributed by atoms with van der Waals surface area (Å²) in [7, 11) is 3.24. The highest BCUT2D eigenvalue weighted by Gasteiger charge is 2.26. The molecule has 0 bridgehead atoms. The maximum atomic E-state index is 9.83. The minimum Gasteiger partial charge on any atom is -0.497 e. The van der Waals surface area contributed by atoms with Gasteiger partial charge in [0, 0.05) is 6.07 Å². The van der Waals surface area contributed by atoms with Gasteiger partial charge in [-0.1, -0.05) is 0 Å². The number of benzene rings is 1. The Morgan fingerprint density at radius 1 is 1.19 bits per heavy atom. The Bertz CT molecular complexity index is 345. The van der Waals surface area contributed by atoms with Gasteiger partial charge in [0.25, 0.3) is 0 Å². The van der Waals surface area contributed by atoms with Crippen LogP contribution in [0.2, 0.25) is 0 Å². The van der Waals surface area contributed by atoms with Crippen molar-refractivity contribution in [3.05, 3.63) is 23.8 Å². The molecule has 0 saturated carbocycles. The normalized spacial score (nSPS) is 24.4. The lowest BCUT2D eigenvalue weighted by atomic mass is 10.0. The molecule has 0 aromatic heterocycles. The summed E-state index contributed by atoms with van der Waals surface area (Å²) in [4.78, 5) is 0. The fourth-order valence-electron chi connectivity index (χ4n) is 2.04. The molecular weight excluding hydrogens is 206 g/mol. The molecule has 1 saturated heterocycles. The number of hydrogen-bond donors (Lipinski definition) is 2. The molecule has 16 heavy (non-hydrogen) atoms. The van der Waals surface area contributed by atoms with Gasteiger partial charge in [-0.25, -0.2) is 0 Å². The molecular formula is C12H17NO3. The Morgan fingerprint density at radius 3 is 2.25 bits per heavy atom. The van der Waals surface area contributed by atoms with Crippen molar-refractivity contribution in [1.29, 1.82) is 0 Å². The zero-order valence-electron chi connectivity index (χ0n) is 9.56. The lowest BCUT2D eigenvalue weighted by Gasteiger charge is -2.17. The van der Waals surface area contributed by atoms with Gasteiger partial charge in [-0.2, -0.15) is 0 Å². The van der Waals surface area contributed by atoms with E-state index in [4.69, 9.17) is 9.47 Å². The van der Waals surface area contributed by atoms with Crippen molar-refractivity contribution in [3.63, 3.8) is 0 Å². The molecule has 4 heteroatoms. The smallest absolute Gasteiger partial charge is 0.122 e. The van der Waals surface area contributed by atoms with E-state index in [1.165, 1.54) is 0 Å². The quantitative estimate of drug-likeness (QED) is 0.805. The van der Waals surface area contributed by atoms with Crippen LogP contribution < -0.4 is 14.8 Å². The van der Waals surface area contributed by atoms with Gasteiger partial charge in [0.15, 0.2) is 0 Å². The third kappa shape index (κ3) is 2.13. The van der Waals surface area contributed by atoms with Crippen LogP contribution in [-0.4, -0.2) is 32.0 Å². The van der Waals surface area contributed by atoms with Crippen molar-refractivity contribution >= 4 is 0 Å². The van der Waals surface area contributed by atoms with Gasteiger partial charge in [-0.3, -0.25) is 0 Å². The number of rotatable bonds is 3. The highest BCUT2D eigenvalue weighted by atomic mass is 16.5. The van der Waals surface area contributed by atoms with Crippen LogP contribution in [0, 0.1) is 0 Å². The van der Waals surface area contributed by atoms with E-state index >= 15 is 0 Å². The fraction of sp³-hybridized carbons (Fsp3) is 0.500. The maximum Gasteiger partial charge on any atom is 0.122 e. The number of methoxy groups -OCH3 is 2. The van der Waals surface area contributed by atoms with Crippen LogP contribution in [0.15, 0.2) is 18.2 Å². The second-order valence-electron chi connectivity index (χ2n) is 3.93. The van der Waals surface area contributed by atoms with Crippen LogP contribution >= 0.6 is 0 Å². The molecule has 1 heterocycles. The van der Waals surface area contributed by atoms with Crippen LogP contribution in [0.1, 0.15) is 18.0 Å². The van der Waals surface area contributed by atoms with Gasteiger partial charge in [0.2, 0.25) is 0 Å². The number of hydrogen-bond acceptors (Lipinski definition) is 4. The summed E-state index contributed by atoms with van der Waals surface area (Å²) in [6.45, 7) is 0.839. The van der Waals surface area contributed by atoms with Crippen molar-refractivity contribution in [2.45, 2.75) is 18.6 Å². The second kappa shape index (κ2) is 4.72. The molecule has 0 aliphatic carbocycles. The number of aliphatic hydroxyl groups is 1. The van der Waals surface area contributed by atoms with Crippen molar-refractivity contribution in [1.82, 2.24) is 5.32 Å². The highest BCUT2D eigenvalue weighted by Crippen LogP contribution is 2.30. The minimum atomic E-state index is -0.336. The number of aliphatic hydroxyl groups excluding tert-OH is 1. The first-order valence-corrected chi connectivity index (χ1v) is 5.39. The lowest BCUT2D eigenvalue weighted by molar-refractivity contribution is 0.160. The van der Waals surface area contributed by atoms with Gasteiger partial charge >= 0.3 is 0 Å².